The van der Waals surface area contributed by atoms with Crippen molar-refractivity contribution in [1.82, 2.24) is 5.32 Å². The molecule has 2 N–H and O–H groups in total. The van der Waals surface area contributed by atoms with Gasteiger partial charge in [0.15, 0.2) is 0 Å². The average molecular weight is 415 g/mol. The molecule has 4 nitrogen and oxygen atoms in total. The standard InChI is InChI=1S/C26H22FNO3/c27-25-13-12-18(15-19(25)16-29)7-5-6-14-28-26(30)31-17-24-22-10-3-1-8-20(22)21-9-2-4-11-23(21)24/h1-4,8-13,15,24,29H,6,14,16-17H2,(H,28,30). The molecule has 0 saturated heterocycles. The molecule has 156 valence electrons. The van der Waals surface area contributed by atoms with E-state index in [1.165, 1.54) is 34.4 Å². The predicted octanol–water partition coefficient (Wildman–Crippen LogP) is 4.60. The van der Waals surface area contributed by atoms with Crippen LogP contribution in [0.15, 0.2) is 66.7 Å². The number of amides is 1. The molecule has 1 aliphatic carbocycles. The smallest absolute Gasteiger partial charge is 0.407 e. The number of halogens is 1. The Kier molecular flexibility index (Phi) is 6.30. The molecular weight excluding hydrogens is 393 g/mol. The molecule has 0 fully saturated rings. The third-order valence-corrected chi connectivity index (χ3v) is 5.31. The van der Waals surface area contributed by atoms with Crippen molar-refractivity contribution in [3.05, 3.63) is 94.8 Å². The third-order valence-electron chi connectivity index (χ3n) is 5.31. The fourth-order valence-electron chi connectivity index (χ4n) is 3.81. The van der Waals surface area contributed by atoms with E-state index < -0.39 is 11.9 Å². The van der Waals surface area contributed by atoms with Gasteiger partial charge in [0.1, 0.15) is 12.4 Å². The minimum atomic E-state index is -0.479. The van der Waals surface area contributed by atoms with Crippen molar-refractivity contribution in [2.24, 2.45) is 0 Å². The Hall–Kier alpha value is -3.62. The van der Waals surface area contributed by atoms with Crippen LogP contribution in [-0.4, -0.2) is 24.4 Å². The van der Waals surface area contributed by atoms with Crippen molar-refractivity contribution in [2.45, 2.75) is 18.9 Å². The number of benzene rings is 3. The van der Waals surface area contributed by atoms with Crippen LogP contribution >= 0.6 is 0 Å². The summed E-state index contributed by atoms with van der Waals surface area (Å²) in [5, 5.41) is 11.8. The Labute approximate surface area is 180 Å². The number of ether oxygens (including phenoxy) is 1. The largest absolute Gasteiger partial charge is 0.449 e. The topological polar surface area (TPSA) is 58.6 Å². The van der Waals surface area contributed by atoms with Gasteiger partial charge in [-0.05, 0) is 40.5 Å². The van der Waals surface area contributed by atoms with Crippen LogP contribution in [0.25, 0.3) is 11.1 Å². The lowest BCUT2D eigenvalue weighted by Crippen LogP contribution is -2.26. The molecule has 3 aromatic rings. The minimum absolute atomic E-state index is 0.0251. The van der Waals surface area contributed by atoms with Gasteiger partial charge in [-0.3, -0.25) is 0 Å². The van der Waals surface area contributed by atoms with Gasteiger partial charge in [-0.15, -0.1) is 0 Å². The summed E-state index contributed by atoms with van der Waals surface area (Å²) in [4.78, 5) is 12.1. The normalized spacial score (nSPS) is 11.8. The monoisotopic (exact) mass is 415 g/mol. The highest BCUT2D eigenvalue weighted by molar-refractivity contribution is 5.79. The molecule has 0 aliphatic heterocycles. The minimum Gasteiger partial charge on any atom is -0.449 e. The number of carbonyl (C=O) groups is 1. The zero-order chi connectivity index (χ0) is 21.6. The lowest BCUT2D eigenvalue weighted by Gasteiger charge is -2.14. The van der Waals surface area contributed by atoms with Gasteiger partial charge in [-0.1, -0.05) is 60.4 Å². The van der Waals surface area contributed by atoms with E-state index in [9.17, 15) is 9.18 Å². The maximum atomic E-state index is 13.4. The molecule has 1 amide bonds. The summed E-state index contributed by atoms with van der Waals surface area (Å²) in [7, 11) is 0. The van der Waals surface area contributed by atoms with Gasteiger partial charge in [-0.25, -0.2) is 9.18 Å². The van der Waals surface area contributed by atoms with Crippen LogP contribution in [-0.2, 0) is 11.3 Å². The second kappa shape index (κ2) is 9.46. The molecule has 0 radical (unpaired) electrons. The summed E-state index contributed by atoms with van der Waals surface area (Å²) < 4.78 is 18.9. The first kappa shape index (κ1) is 20.6. The first-order valence-electron chi connectivity index (χ1n) is 10.1. The molecule has 0 atom stereocenters. The number of hydrogen-bond donors (Lipinski definition) is 2. The summed E-state index contributed by atoms with van der Waals surface area (Å²) in [6, 6.07) is 20.7. The van der Waals surface area contributed by atoms with Crippen LogP contribution in [0.4, 0.5) is 9.18 Å². The van der Waals surface area contributed by atoms with Crippen molar-refractivity contribution < 1.29 is 19.0 Å². The Bertz CT molecular complexity index is 1120. The van der Waals surface area contributed by atoms with Crippen molar-refractivity contribution in [1.29, 1.82) is 0 Å². The molecule has 1 aliphatic rings. The van der Waals surface area contributed by atoms with E-state index >= 15 is 0 Å². The summed E-state index contributed by atoms with van der Waals surface area (Å²) in [5.74, 6) is 5.40. The van der Waals surface area contributed by atoms with Gasteiger partial charge in [0.05, 0.1) is 6.61 Å². The van der Waals surface area contributed by atoms with Crippen molar-refractivity contribution in [3.63, 3.8) is 0 Å². The molecular formula is C26H22FNO3. The van der Waals surface area contributed by atoms with Crippen molar-refractivity contribution in [3.8, 4) is 23.0 Å². The van der Waals surface area contributed by atoms with Gasteiger partial charge in [0.2, 0.25) is 0 Å². The van der Waals surface area contributed by atoms with E-state index in [0.29, 0.717) is 18.5 Å². The number of rotatable bonds is 5. The Morgan fingerprint density at radius 2 is 1.71 bits per heavy atom. The first-order chi connectivity index (χ1) is 15.2. The number of aliphatic hydroxyl groups is 1. The number of hydrogen-bond acceptors (Lipinski definition) is 3. The van der Waals surface area contributed by atoms with E-state index in [1.807, 2.05) is 24.3 Å². The molecule has 0 saturated carbocycles. The molecule has 0 bridgehead atoms. The summed E-state index contributed by atoms with van der Waals surface area (Å²) >= 11 is 0. The molecule has 0 aromatic heterocycles. The molecule has 0 spiro atoms. The number of carbonyl (C=O) groups excluding carboxylic acids is 1. The van der Waals surface area contributed by atoms with Crippen molar-refractivity contribution in [2.75, 3.05) is 13.2 Å². The van der Waals surface area contributed by atoms with Gasteiger partial charge < -0.3 is 15.2 Å². The second-order valence-corrected chi connectivity index (χ2v) is 7.27. The van der Waals surface area contributed by atoms with Crippen molar-refractivity contribution >= 4 is 6.09 Å². The Balaban J connectivity index is 1.28. The van der Waals surface area contributed by atoms with Crippen LogP contribution < -0.4 is 5.32 Å². The highest BCUT2D eigenvalue weighted by Gasteiger charge is 2.28. The lowest BCUT2D eigenvalue weighted by atomic mass is 9.98. The third kappa shape index (κ3) is 4.60. The molecule has 0 heterocycles. The SMILES string of the molecule is O=C(NCCC#Cc1ccc(F)c(CO)c1)OCC1c2ccccc2-c2ccccc21. The number of nitrogens with one attached hydrogen (secondary N) is 1. The molecule has 5 heteroatoms. The molecule has 0 unspecified atom stereocenters. The van der Waals surface area contributed by atoms with Crippen LogP contribution in [0.2, 0.25) is 0 Å². The van der Waals surface area contributed by atoms with E-state index in [-0.39, 0.29) is 24.7 Å². The highest BCUT2D eigenvalue weighted by Crippen LogP contribution is 2.44. The van der Waals surface area contributed by atoms with Crippen LogP contribution in [0.5, 0.6) is 0 Å². The molecule has 4 rings (SSSR count). The summed E-state index contributed by atoms with van der Waals surface area (Å²) in [6.07, 6.45) is -0.0521. The maximum absolute atomic E-state index is 13.4. The van der Waals surface area contributed by atoms with Crippen LogP contribution in [0.1, 0.15) is 34.6 Å². The fourth-order valence-corrected chi connectivity index (χ4v) is 3.81. The van der Waals surface area contributed by atoms with E-state index in [0.717, 1.165) is 0 Å². The lowest BCUT2D eigenvalue weighted by molar-refractivity contribution is 0.143. The zero-order valence-electron chi connectivity index (χ0n) is 16.9. The Morgan fingerprint density at radius 1 is 1.03 bits per heavy atom. The van der Waals surface area contributed by atoms with Gasteiger partial charge >= 0.3 is 6.09 Å². The van der Waals surface area contributed by atoms with E-state index in [4.69, 9.17) is 9.84 Å². The molecule has 31 heavy (non-hydrogen) atoms. The maximum Gasteiger partial charge on any atom is 0.407 e. The summed E-state index contributed by atoms with van der Waals surface area (Å²) in [6.45, 7) is 0.244. The van der Waals surface area contributed by atoms with E-state index in [2.05, 4.69) is 41.4 Å². The van der Waals surface area contributed by atoms with Gasteiger partial charge in [-0.2, -0.15) is 0 Å². The van der Waals surface area contributed by atoms with E-state index in [1.54, 1.807) is 6.07 Å². The number of fused-ring (bicyclic) bond motifs is 3. The fraction of sp³-hybridized carbons (Fsp3) is 0.192. The van der Waals surface area contributed by atoms with Gasteiger partial charge in [0.25, 0.3) is 0 Å². The van der Waals surface area contributed by atoms with Crippen LogP contribution in [0, 0.1) is 17.7 Å². The van der Waals surface area contributed by atoms with Gasteiger partial charge in [0, 0.05) is 30.0 Å². The number of alkyl carbamates (subject to hydrolysis) is 1. The first-order valence-corrected chi connectivity index (χ1v) is 10.1. The highest BCUT2D eigenvalue weighted by atomic mass is 19.1. The predicted molar refractivity (Wildman–Crippen MR) is 117 cm³/mol. The number of aliphatic hydroxyl groups excluding tert-OH is 1. The molecule has 3 aromatic carbocycles. The quantitative estimate of drug-likeness (QED) is 0.473. The summed E-state index contributed by atoms with van der Waals surface area (Å²) in [5.41, 5.74) is 5.54. The van der Waals surface area contributed by atoms with Crippen LogP contribution in [0.3, 0.4) is 0 Å². The Morgan fingerprint density at radius 3 is 2.39 bits per heavy atom. The average Bonchev–Trinajstić information content (AvgIpc) is 3.12. The zero-order valence-corrected chi connectivity index (χ0v) is 16.9. The second-order valence-electron chi connectivity index (χ2n) is 7.27.